The molecule has 17 heavy (non-hydrogen) atoms. The predicted molar refractivity (Wildman–Crippen MR) is 72.4 cm³/mol. The van der Waals surface area contributed by atoms with Crippen molar-refractivity contribution in [3.8, 4) is 0 Å². The molecular formula is C15H22N2. The Morgan fingerprint density at radius 1 is 1.35 bits per heavy atom. The third kappa shape index (κ3) is 1.75. The van der Waals surface area contributed by atoms with Gasteiger partial charge in [-0.15, -0.1) is 0 Å². The van der Waals surface area contributed by atoms with E-state index in [0.29, 0.717) is 12.0 Å². The number of rotatable bonds is 1. The number of aryl methyl sites for hydroxylation is 1. The minimum atomic E-state index is 0.697. The highest BCUT2D eigenvalue weighted by Gasteiger charge is 2.34. The van der Waals surface area contributed by atoms with Crippen molar-refractivity contribution in [2.75, 3.05) is 18.0 Å². The highest BCUT2D eigenvalue weighted by Crippen LogP contribution is 2.38. The number of nitrogens with two attached hydrogens (primary N) is 1. The second-order valence-electron chi connectivity index (χ2n) is 5.51. The summed E-state index contributed by atoms with van der Waals surface area (Å²) in [5.41, 5.74) is 10.4. The van der Waals surface area contributed by atoms with Crippen LogP contribution in [0.4, 0.5) is 5.69 Å². The highest BCUT2D eigenvalue weighted by atomic mass is 15.2. The third-order valence-electron chi connectivity index (χ3n) is 4.61. The van der Waals surface area contributed by atoms with E-state index in [1.54, 1.807) is 5.56 Å². The first kappa shape index (κ1) is 11.1. The molecular weight excluding hydrogens is 208 g/mol. The molecule has 1 aromatic carbocycles. The number of hydrogen-bond donors (Lipinski definition) is 1. The number of piperidine rings is 1. The van der Waals surface area contributed by atoms with Gasteiger partial charge in [-0.25, -0.2) is 0 Å². The molecule has 1 fully saturated rings. The molecule has 0 radical (unpaired) electrons. The maximum atomic E-state index is 5.93. The summed E-state index contributed by atoms with van der Waals surface area (Å²) in [6.45, 7) is 4.31. The van der Waals surface area contributed by atoms with E-state index in [-0.39, 0.29) is 0 Å². The zero-order valence-corrected chi connectivity index (χ0v) is 10.7. The Morgan fingerprint density at radius 2 is 2.24 bits per heavy atom. The van der Waals surface area contributed by atoms with Crippen LogP contribution in [0.15, 0.2) is 18.2 Å². The van der Waals surface area contributed by atoms with Crippen LogP contribution in [0.2, 0.25) is 0 Å². The summed E-state index contributed by atoms with van der Waals surface area (Å²) in [6, 6.07) is 7.43. The van der Waals surface area contributed by atoms with Gasteiger partial charge in [0.1, 0.15) is 0 Å². The number of fused-ring (bicyclic) bond motifs is 3. The molecule has 0 saturated carbocycles. The molecule has 1 aromatic rings. The molecule has 0 aliphatic carbocycles. The van der Waals surface area contributed by atoms with Crippen molar-refractivity contribution >= 4 is 5.69 Å². The van der Waals surface area contributed by atoms with Crippen LogP contribution in [0.5, 0.6) is 0 Å². The monoisotopic (exact) mass is 230 g/mol. The third-order valence-corrected chi connectivity index (χ3v) is 4.61. The fourth-order valence-electron chi connectivity index (χ4n) is 3.68. The summed E-state index contributed by atoms with van der Waals surface area (Å²) in [6.07, 6.45) is 5.14. The van der Waals surface area contributed by atoms with Crippen LogP contribution in [-0.4, -0.2) is 19.1 Å². The molecule has 2 heteroatoms. The largest absolute Gasteiger partial charge is 0.368 e. The maximum Gasteiger partial charge on any atom is 0.0404 e. The SMILES string of the molecule is Cc1cccc2c1CCC1C(CN)CCCN21. The van der Waals surface area contributed by atoms with E-state index in [4.69, 9.17) is 5.73 Å². The van der Waals surface area contributed by atoms with E-state index in [2.05, 4.69) is 30.0 Å². The first-order chi connectivity index (χ1) is 8.31. The van der Waals surface area contributed by atoms with Crippen LogP contribution in [0, 0.1) is 12.8 Å². The molecule has 2 N–H and O–H groups in total. The molecule has 0 bridgehead atoms. The van der Waals surface area contributed by atoms with Crippen LogP contribution in [-0.2, 0) is 6.42 Å². The number of benzene rings is 1. The summed E-state index contributed by atoms with van der Waals surface area (Å²) in [5.74, 6) is 0.706. The average molecular weight is 230 g/mol. The lowest BCUT2D eigenvalue weighted by molar-refractivity contribution is 0.306. The van der Waals surface area contributed by atoms with Gasteiger partial charge < -0.3 is 10.6 Å². The molecule has 0 spiro atoms. The van der Waals surface area contributed by atoms with Gasteiger partial charge in [0.15, 0.2) is 0 Å². The van der Waals surface area contributed by atoms with Gasteiger partial charge in [-0.3, -0.25) is 0 Å². The maximum absolute atomic E-state index is 5.93. The summed E-state index contributed by atoms with van der Waals surface area (Å²) in [4.78, 5) is 2.63. The second kappa shape index (κ2) is 4.34. The average Bonchev–Trinajstić information content (AvgIpc) is 2.38. The summed E-state index contributed by atoms with van der Waals surface area (Å²) >= 11 is 0. The van der Waals surface area contributed by atoms with Gasteiger partial charge in [-0.1, -0.05) is 12.1 Å². The summed E-state index contributed by atoms with van der Waals surface area (Å²) in [7, 11) is 0. The van der Waals surface area contributed by atoms with E-state index in [9.17, 15) is 0 Å². The van der Waals surface area contributed by atoms with Crippen molar-refractivity contribution in [1.29, 1.82) is 0 Å². The van der Waals surface area contributed by atoms with Crippen LogP contribution in [0.1, 0.15) is 30.4 Å². The van der Waals surface area contributed by atoms with Crippen molar-refractivity contribution in [3.05, 3.63) is 29.3 Å². The second-order valence-corrected chi connectivity index (χ2v) is 5.51. The lowest BCUT2D eigenvalue weighted by atomic mass is 9.81. The van der Waals surface area contributed by atoms with Gasteiger partial charge in [0.05, 0.1) is 0 Å². The Bertz CT molecular complexity index is 413. The van der Waals surface area contributed by atoms with E-state index in [1.807, 2.05) is 0 Å². The Balaban J connectivity index is 1.98. The van der Waals surface area contributed by atoms with Crippen molar-refractivity contribution < 1.29 is 0 Å². The molecule has 2 unspecified atom stereocenters. The van der Waals surface area contributed by atoms with Crippen LogP contribution in [0.25, 0.3) is 0 Å². The Labute approximate surface area is 104 Å². The number of nitrogens with zero attached hydrogens (tertiary/aromatic N) is 1. The smallest absolute Gasteiger partial charge is 0.0404 e. The molecule has 2 nitrogen and oxygen atoms in total. The van der Waals surface area contributed by atoms with E-state index >= 15 is 0 Å². The van der Waals surface area contributed by atoms with Crippen molar-refractivity contribution in [2.45, 2.75) is 38.6 Å². The fraction of sp³-hybridized carbons (Fsp3) is 0.600. The minimum absolute atomic E-state index is 0.697. The molecule has 92 valence electrons. The molecule has 2 atom stereocenters. The lowest BCUT2D eigenvalue weighted by Crippen LogP contribution is -2.50. The molecule has 1 saturated heterocycles. The van der Waals surface area contributed by atoms with E-state index < -0.39 is 0 Å². The summed E-state index contributed by atoms with van der Waals surface area (Å²) < 4.78 is 0. The first-order valence-corrected chi connectivity index (χ1v) is 6.86. The Morgan fingerprint density at radius 3 is 3.06 bits per heavy atom. The molecule has 2 aliphatic rings. The molecule has 3 rings (SSSR count). The van der Waals surface area contributed by atoms with E-state index in [1.165, 1.54) is 43.5 Å². The lowest BCUT2D eigenvalue weighted by Gasteiger charge is -2.46. The Hall–Kier alpha value is -1.02. The zero-order valence-electron chi connectivity index (χ0n) is 10.7. The first-order valence-electron chi connectivity index (χ1n) is 6.86. The standard InChI is InChI=1S/C15H22N2/c1-11-4-2-6-15-13(11)7-8-14-12(10-16)5-3-9-17(14)15/h2,4,6,12,14H,3,5,7-10,16H2,1H3. The minimum Gasteiger partial charge on any atom is -0.368 e. The van der Waals surface area contributed by atoms with Gasteiger partial charge in [0.25, 0.3) is 0 Å². The topological polar surface area (TPSA) is 29.3 Å². The predicted octanol–water partition coefficient (Wildman–Crippen LogP) is 2.48. The van der Waals surface area contributed by atoms with Crippen LogP contribution >= 0.6 is 0 Å². The number of hydrogen-bond acceptors (Lipinski definition) is 2. The van der Waals surface area contributed by atoms with Crippen molar-refractivity contribution in [1.82, 2.24) is 0 Å². The van der Waals surface area contributed by atoms with E-state index in [0.717, 1.165) is 6.54 Å². The number of anilines is 1. The highest BCUT2D eigenvalue weighted by molar-refractivity contribution is 5.59. The zero-order chi connectivity index (χ0) is 11.8. The van der Waals surface area contributed by atoms with Gasteiger partial charge in [0.2, 0.25) is 0 Å². The molecule has 0 aromatic heterocycles. The molecule has 0 amide bonds. The van der Waals surface area contributed by atoms with Gasteiger partial charge in [-0.05, 0) is 62.3 Å². The van der Waals surface area contributed by atoms with Gasteiger partial charge in [0, 0.05) is 18.3 Å². The molecule has 2 heterocycles. The van der Waals surface area contributed by atoms with Gasteiger partial charge >= 0.3 is 0 Å². The molecule has 2 aliphatic heterocycles. The van der Waals surface area contributed by atoms with Crippen molar-refractivity contribution in [2.24, 2.45) is 11.7 Å². The Kier molecular flexibility index (Phi) is 2.83. The quantitative estimate of drug-likeness (QED) is 0.803. The summed E-state index contributed by atoms with van der Waals surface area (Å²) in [5, 5.41) is 0. The fourth-order valence-corrected chi connectivity index (χ4v) is 3.68. The van der Waals surface area contributed by atoms with Crippen molar-refractivity contribution in [3.63, 3.8) is 0 Å². The van der Waals surface area contributed by atoms with Gasteiger partial charge in [-0.2, -0.15) is 0 Å². The normalized spacial score (nSPS) is 27.5. The van der Waals surface area contributed by atoms with Crippen LogP contribution in [0.3, 0.4) is 0 Å². The van der Waals surface area contributed by atoms with Crippen LogP contribution < -0.4 is 10.6 Å².